The quantitative estimate of drug-likeness (QED) is 0.620. The third-order valence-corrected chi connectivity index (χ3v) is 5.53. The third kappa shape index (κ3) is 3.11. The molecule has 1 aromatic carbocycles. The number of aromatic nitrogens is 2. The maximum absolute atomic E-state index is 14.1. The molecule has 28 heavy (non-hydrogen) atoms. The van der Waals surface area contributed by atoms with Crippen molar-refractivity contribution in [2.75, 3.05) is 11.9 Å². The number of anilines is 1. The normalized spacial score (nSPS) is 13.0. The van der Waals surface area contributed by atoms with Gasteiger partial charge in [-0.2, -0.15) is 0 Å². The van der Waals surface area contributed by atoms with E-state index in [4.69, 9.17) is 4.74 Å². The summed E-state index contributed by atoms with van der Waals surface area (Å²) in [5.74, 6) is -1.77. The predicted octanol–water partition coefficient (Wildman–Crippen LogP) is 2.00. The molecule has 3 N–H and O–H groups in total. The Morgan fingerprint density at radius 3 is 2.93 bits per heavy atom. The van der Waals surface area contributed by atoms with E-state index in [-0.39, 0.29) is 41.9 Å². The zero-order chi connectivity index (χ0) is 20.0. The molecule has 0 saturated carbocycles. The van der Waals surface area contributed by atoms with Gasteiger partial charge < -0.3 is 20.4 Å². The highest BCUT2D eigenvalue weighted by atomic mass is 32.1. The molecule has 0 atom stereocenters. The summed E-state index contributed by atoms with van der Waals surface area (Å²) >= 11 is 1.34. The number of fused-ring (bicyclic) bond motifs is 2. The van der Waals surface area contributed by atoms with E-state index in [0.29, 0.717) is 15.8 Å². The van der Waals surface area contributed by atoms with Gasteiger partial charge >= 0.3 is 0 Å². The molecule has 0 unspecified atom stereocenters. The van der Waals surface area contributed by atoms with E-state index in [9.17, 15) is 18.8 Å². The number of ether oxygens (including phenoxy) is 1. The van der Waals surface area contributed by atoms with Gasteiger partial charge in [0.1, 0.15) is 4.83 Å². The first-order valence-corrected chi connectivity index (χ1v) is 9.18. The standard InChI is InChI=1S/C18H15FN4O4S/c1-7-8(2)28-18-13(7)16(25)22-15(23-18)17(26)20-5-9-3-10(19)14-11(4-9)21-12(24)6-27-14/h3-4H,5-6H2,1-2H3,(H,20,26)(H,21,24)(H,22,23,25). The molecule has 2 amide bonds. The smallest absolute Gasteiger partial charge is 0.287 e. The number of thiophene rings is 1. The van der Waals surface area contributed by atoms with Gasteiger partial charge in [-0.1, -0.05) is 0 Å². The van der Waals surface area contributed by atoms with Crippen molar-refractivity contribution < 1.29 is 18.7 Å². The topological polar surface area (TPSA) is 113 Å². The van der Waals surface area contributed by atoms with Crippen molar-refractivity contribution >= 4 is 39.1 Å². The maximum atomic E-state index is 14.1. The first-order chi connectivity index (χ1) is 13.3. The second kappa shape index (κ2) is 6.71. The number of aromatic amines is 1. The van der Waals surface area contributed by atoms with Crippen molar-refractivity contribution in [2.24, 2.45) is 0 Å². The van der Waals surface area contributed by atoms with Crippen LogP contribution in [0, 0.1) is 19.7 Å². The number of H-pyrrole nitrogens is 1. The molecule has 0 fully saturated rings. The van der Waals surface area contributed by atoms with Gasteiger partial charge in [0, 0.05) is 11.4 Å². The number of hydrogen-bond acceptors (Lipinski definition) is 6. The zero-order valence-corrected chi connectivity index (χ0v) is 15.8. The number of carbonyl (C=O) groups is 2. The van der Waals surface area contributed by atoms with Gasteiger partial charge in [0.15, 0.2) is 18.2 Å². The van der Waals surface area contributed by atoms with Crippen LogP contribution in [0.15, 0.2) is 16.9 Å². The van der Waals surface area contributed by atoms with E-state index in [1.807, 2.05) is 13.8 Å². The molecule has 2 aromatic heterocycles. The van der Waals surface area contributed by atoms with Crippen LogP contribution >= 0.6 is 11.3 Å². The highest BCUT2D eigenvalue weighted by Crippen LogP contribution is 2.32. The molecule has 4 rings (SSSR count). The predicted molar refractivity (Wildman–Crippen MR) is 101 cm³/mol. The third-order valence-electron chi connectivity index (χ3n) is 4.43. The molecule has 1 aliphatic rings. The highest BCUT2D eigenvalue weighted by molar-refractivity contribution is 7.18. The molecule has 3 aromatic rings. The maximum Gasteiger partial charge on any atom is 0.287 e. The molecular formula is C18H15FN4O4S. The highest BCUT2D eigenvalue weighted by Gasteiger charge is 2.21. The molecule has 0 radical (unpaired) electrons. The molecule has 0 spiro atoms. The Hall–Kier alpha value is -3.27. The molecule has 10 heteroatoms. The second-order valence-corrected chi connectivity index (χ2v) is 7.55. The summed E-state index contributed by atoms with van der Waals surface area (Å²) in [5, 5.41) is 5.59. The molecule has 144 valence electrons. The van der Waals surface area contributed by atoms with E-state index in [2.05, 4.69) is 20.6 Å². The van der Waals surface area contributed by atoms with Crippen molar-refractivity contribution in [3.8, 4) is 5.75 Å². The summed E-state index contributed by atoms with van der Waals surface area (Å²) in [6, 6.07) is 2.73. The van der Waals surface area contributed by atoms with Crippen molar-refractivity contribution in [3.63, 3.8) is 0 Å². The number of rotatable bonds is 3. The van der Waals surface area contributed by atoms with Crippen LogP contribution in [0.5, 0.6) is 5.75 Å². The minimum Gasteiger partial charge on any atom is -0.478 e. The van der Waals surface area contributed by atoms with Crippen molar-refractivity contribution in [1.82, 2.24) is 15.3 Å². The van der Waals surface area contributed by atoms with Gasteiger partial charge in [-0.15, -0.1) is 11.3 Å². The monoisotopic (exact) mass is 402 g/mol. The lowest BCUT2D eigenvalue weighted by atomic mass is 10.1. The fourth-order valence-corrected chi connectivity index (χ4v) is 3.97. The van der Waals surface area contributed by atoms with Crippen molar-refractivity contribution in [3.05, 3.63) is 50.1 Å². The first-order valence-electron chi connectivity index (χ1n) is 8.36. The van der Waals surface area contributed by atoms with Gasteiger partial charge in [-0.3, -0.25) is 14.4 Å². The summed E-state index contributed by atoms with van der Waals surface area (Å²) < 4.78 is 19.2. The van der Waals surface area contributed by atoms with Crippen LogP contribution in [0.1, 0.15) is 26.6 Å². The van der Waals surface area contributed by atoms with Crippen LogP contribution in [0.4, 0.5) is 10.1 Å². The summed E-state index contributed by atoms with van der Waals surface area (Å²) in [4.78, 5) is 44.2. The van der Waals surface area contributed by atoms with E-state index in [1.54, 1.807) is 0 Å². The Bertz CT molecular complexity index is 1200. The lowest BCUT2D eigenvalue weighted by Gasteiger charge is -2.19. The fraction of sp³-hybridized carbons (Fsp3) is 0.222. The number of nitrogens with zero attached hydrogens (tertiary/aromatic N) is 1. The summed E-state index contributed by atoms with van der Waals surface area (Å²) in [6.07, 6.45) is 0. The average molecular weight is 402 g/mol. The van der Waals surface area contributed by atoms with Crippen LogP contribution in [0.25, 0.3) is 10.2 Å². The second-order valence-electron chi connectivity index (χ2n) is 6.35. The Morgan fingerprint density at radius 2 is 2.14 bits per heavy atom. The van der Waals surface area contributed by atoms with Gasteiger partial charge in [-0.05, 0) is 37.1 Å². The molecule has 1 aliphatic heterocycles. The number of carbonyl (C=O) groups excluding carboxylic acids is 2. The lowest BCUT2D eigenvalue weighted by Crippen LogP contribution is -2.28. The summed E-state index contributed by atoms with van der Waals surface area (Å²) in [6.45, 7) is 3.44. The van der Waals surface area contributed by atoms with Gasteiger partial charge in [-0.25, -0.2) is 9.37 Å². The van der Waals surface area contributed by atoms with Crippen LogP contribution in [-0.2, 0) is 11.3 Å². The first kappa shape index (κ1) is 18.1. The SMILES string of the molecule is Cc1sc2nc(C(=O)NCc3cc(F)c4c(c3)NC(=O)CO4)[nH]c(=O)c2c1C. The molecule has 3 heterocycles. The van der Waals surface area contributed by atoms with Crippen LogP contribution < -0.4 is 20.9 Å². The number of halogens is 1. The van der Waals surface area contributed by atoms with Crippen molar-refractivity contribution in [2.45, 2.75) is 20.4 Å². The number of hydrogen-bond donors (Lipinski definition) is 3. The van der Waals surface area contributed by atoms with Gasteiger partial charge in [0.25, 0.3) is 17.4 Å². The molecule has 8 nitrogen and oxygen atoms in total. The van der Waals surface area contributed by atoms with Gasteiger partial charge in [0.2, 0.25) is 5.82 Å². The van der Waals surface area contributed by atoms with Crippen molar-refractivity contribution in [1.29, 1.82) is 0 Å². The molecular weight excluding hydrogens is 387 g/mol. The summed E-state index contributed by atoms with van der Waals surface area (Å²) in [7, 11) is 0. The van der Waals surface area contributed by atoms with Gasteiger partial charge in [0.05, 0.1) is 11.1 Å². The number of nitrogens with one attached hydrogen (secondary N) is 3. The lowest BCUT2D eigenvalue weighted by molar-refractivity contribution is -0.118. The molecule has 0 bridgehead atoms. The van der Waals surface area contributed by atoms with E-state index >= 15 is 0 Å². The minimum atomic E-state index is -0.640. The minimum absolute atomic E-state index is 0.0247. The largest absolute Gasteiger partial charge is 0.478 e. The fourth-order valence-electron chi connectivity index (χ4n) is 2.94. The Kier molecular flexibility index (Phi) is 4.34. The number of benzene rings is 1. The van der Waals surface area contributed by atoms with E-state index in [1.165, 1.54) is 23.5 Å². The molecule has 0 aliphatic carbocycles. The molecule has 0 saturated heterocycles. The number of amides is 2. The Balaban J connectivity index is 1.56. The average Bonchev–Trinajstić information content (AvgIpc) is 2.93. The van der Waals surface area contributed by atoms with E-state index in [0.717, 1.165) is 10.4 Å². The summed E-state index contributed by atoms with van der Waals surface area (Å²) in [5.41, 5.74) is 1.09. The Morgan fingerprint density at radius 1 is 1.36 bits per heavy atom. The number of aryl methyl sites for hydroxylation is 2. The zero-order valence-electron chi connectivity index (χ0n) is 14.9. The van der Waals surface area contributed by atoms with Crippen LogP contribution in [0.2, 0.25) is 0 Å². The van der Waals surface area contributed by atoms with Crippen LogP contribution in [0.3, 0.4) is 0 Å². The van der Waals surface area contributed by atoms with E-state index < -0.39 is 11.7 Å². The Labute approximate surface area is 161 Å². The van der Waals surface area contributed by atoms with Crippen LogP contribution in [-0.4, -0.2) is 28.4 Å².